The van der Waals surface area contributed by atoms with E-state index in [1.807, 2.05) is 6.92 Å². The number of aryl methyl sites for hydroxylation is 1. The maximum absolute atomic E-state index is 8.60. The van der Waals surface area contributed by atoms with Crippen LogP contribution < -0.4 is 0 Å². The van der Waals surface area contributed by atoms with Gasteiger partial charge in [0.2, 0.25) is 0 Å². The second-order valence-corrected chi connectivity index (χ2v) is 2.56. The van der Waals surface area contributed by atoms with Gasteiger partial charge in [0.1, 0.15) is 0 Å². The van der Waals surface area contributed by atoms with E-state index in [0.29, 0.717) is 5.56 Å². The Kier molecular flexibility index (Phi) is 2.93. The van der Waals surface area contributed by atoms with Crippen molar-refractivity contribution < 1.29 is 0 Å². The molecule has 3 heteroatoms. The van der Waals surface area contributed by atoms with Crippen molar-refractivity contribution in [3.8, 4) is 6.07 Å². The van der Waals surface area contributed by atoms with E-state index in [1.54, 1.807) is 18.2 Å². The Balaban J connectivity index is 3.06. The first-order valence-corrected chi connectivity index (χ1v) is 3.82. The molecule has 0 aliphatic heterocycles. The van der Waals surface area contributed by atoms with Gasteiger partial charge in [-0.3, -0.25) is 4.99 Å². The van der Waals surface area contributed by atoms with Gasteiger partial charge in [0.15, 0.2) is 0 Å². The molecule has 1 rings (SSSR count). The molecule has 13 heavy (non-hydrogen) atoms. The van der Waals surface area contributed by atoms with Crippen molar-refractivity contribution in [3.63, 3.8) is 0 Å². The molecule has 0 spiro atoms. The van der Waals surface area contributed by atoms with Crippen LogP contribution in [0.15, 0.2) is 23.2 Å². The minimum absolute atomic E-state index is 0.631. The summed E-state index contributed by atoms with van der Waals surface area (Å²) in [5, 5.41) is 15.4. The van der Waals surface area contributed by atoms with Crippen LogP contribution in [0.4, 0.5) is 5.69 Å². The Bertz CT molecular complexity index is 386. The van der Waals surface area contributed by atoms with E-state index in [4.69, 9.17) is 10.7 Å². The second kappa shape index (κ2) is 4.17. The molecule has 0 bridgehead atoms. The van der Waals surface area contributed by atoms with Crippen molar-refractivity contribution >= 4 is 18.1 Å². The van der Waals surface area contributed by atoms with Crippen LogP contribution >= 0.6 is 0 Å². The molecular weight excluding hydrogens is 162 g/mol. The maximum Gasteiger partial charge on any atom is 0.0991 e. The Morgan fingerprint density at radius 2 is 2.31 bits per heavy atom. The van der Waals surface area contributed by atoms with Crippen LogP contribution in [0.1, 0.15) is 11.1 Å². The molecule has 0 fully saturated rings. The fraction of sp³-hybridized carbons (Fsp3) is 0.100. The molecule has 0 atom stereocenters. The van der Waals surface area contributed by atoms with E-state index in [9.17, 15) is 0 Å². The molecule has 0 aliphatic rings. The zero-order valence-corrected chi connectivity index (χ0v) is 7.28. The Morgan fingerprint density at radius 3 is 2.85 bits per heavy atom. The highest BCUT2D eigenvalue weighted by molar-refractivity contribution is 6.15. The lowest BCUT2D eigenvalue weighted by Gasteiger charge is -1.98. The van der Waals surface area contributed by atoms with Gasteiger partial charge in [-0.1, -0.05) is 0 Å². The van der Waals surface area contributed by atoms with E-state index in [-0.39, 0.29) is 0 Å². The van der Waals surface area contributed by atoms with Crippen molar-refractivity contribution in [3.05, 3.63) is 29.3 Å². The summed E-state index contributed by atoms with van der Waals surface area (Å²) in [7, 11) is 0. The second-order valence-electron chi connectivity index (χ2n) is 2.56. The highest BCUT2D eigenvalue weighted by atomic mass is 14.7. The van der Waals surface area contributed by atoms with Crippen molar-refractivity contribution in [2.24, 2.45) is 4.99 Å². The van der Waals surface area contributed by atoms with E-state index in [2.05, 4.69) is 11.1 Å². The predicted octanol–water partition coefficient (Wildman–Crippen LogP) is 2.22. The zero-order valence-electron chi connectivity index (χ0n) is 7.28. The molecule has 1 N–H and O–H groups in total. The number of hydrogen-bond acceptors (Lipinski definition) is 3. The highest BCUT2D eigenvalue weighted by Crippen LogP contribution is 2.18. The van der Waals surface area contributed by atoms with Crippen LogP contribution in [0.2, 0.25) is 0 Å². The Hall–Kier alpha value is -1.95. The van der Waals surface area contributed by atoms with Crippen molar-refractivity contribution in [1.29, 1.82) is 10.7 Å². The number of hydrogen-bond donors (Lipinski definition) is 1. The maximum atomic E-state index is 8.60. The van der Waals surface area contributed by atoms with Crippen LogP contribution in [0.25, 0.3) is 0 Å². The Morgan fingerprint density at radius 1 is 1.54 bits per heavy atom. The first kappa shape index (κ1) is 9.14. The molecule has 1 aromatic carbocycles. The van der Waals surface area contributed by atoms with Gasteiger partial charge < -0.3 is 5.41 Å². The number of nitrogens with one attached hydrogen (secondary N) is 1. The fourth-order valence-corrected chi connectivity index (χ4v) is 0.987. The Labute approximate surface area is 76.9 Å². The first-order valence-electron chi connectivity index (χ1n) is 3.82. The summed E-state index contributed by atoms with van der Waals surface area (Å²) in [6.07, 6.45) is 2.53. The number of rotatable bonds is 2. The quantitative estimate of drug-likeness (QED) is 0.681. The molecule has 0 aromatic heterocycles. The monoisotopic (exact) mass is 171 g/mol. The molecule has 0 unspecified atom stereocenters. The highest BCUT2D eigenvalue weighted by Gasteiger charge is 1.96. The number of nitrogens with zero attached hydrogens (tertiary/aromatic N) is 2. The van der Waals surface area contributed by atoms with Gasteiger partial charge in [-0.25, -0.2) is 0 Å². The van der Waals surface area contributed by atoms with Gasteiger partial charge in [0.25, 0.3) is 0 Å². The minimum atomic E-state index is 0.631. The average molecular weight is 171 g/mol. The van der Waals surface area contributed by atoms with Gasteiger partial charge in [0, 0.05) is 12.4 Å². The number of nitriles is 1. The SMILES string of the molecule is Cc1cc(C#N)ccc1N=CC=N. The standard InChI is InChI=1S/C10H9N3/c1-8-6-9(7-12)2-3-10(8)13-5-4-11/h2-6,11H,1H3. The molecule has 64 valence electrons. The van der Waals surface area contributed by atoms with E-state index < -0.39 is 0 Å². The summed E-state index contributed by atoms with van der Waals surface area (Å²) < 4.78 is 0. The molecule has 0 heterocycles. The van der Waals surface area contributed by atoms with Gasteiger partial charge >= 0.3 is 0 Å². The van der Waals surface area contributed by atoms with E-state index in [0.717, 1.165) is 17.5 Å². The van der Waals surface area contributed by atoms with Crippen LogP contribution in [-0.2, 0) is 0 Å². The number of benzene rings is 1. The fourth-order valence-electron chi connectivity index (χ4n) is 0.987. The van der Waals surface area contributed by atoms with Gasteiger partial charge in [-0.05, 0) is 30.7 Å². The normalized spacial score (nSPS) is 9.85. The third-order valence-corrected chi connectivity index (χ3v) is 1.61. The molecule has 3 nitrogen and oxygen atoms in total. The molecule has 1 aromatic rings. The average Bonchev–Trinajstić information content (AvgIpc) is 2.16. The smallest absolute Gasteiger partial charge is 0.0991 e. The summed E-state index contributed by atoms with van der Waals surface area (Å²) in [6, 6.07) is 7.31. The third kappa shape index (κ3) is 2.24. The van der Waals surface area contributed by atoms with Crippen molar-refractivity contribution in [2.45, 2.75) is 6.92 Å². The van der Waals surface area contributed by atoms with Gasteiger partial charge in [-0.2, -0.15) is 5.26 Å². The summed E-state index contributed by atoms with van der Waals surface area (Å²) in [4.78, 5) is 4.02. The van der Waals surface area contributed by atoms with Crippen molar-refractivity contribution in [2.75, 3.05) is 0 Å². The molecular formula is C10H9N3. The lowest BCUT2D eigenvalue weighted by molar-refractivity contribution is 1.38. The number of aliphatic imine (C=N–C) groups is 1. The van der Waals surface area contributed by atoms with Crippen LogP contribution in [-0.4, -0.2) is 12.4 Å². The summed E-state index contributed by atoms with van der Waals surface area (Å²) in [6.45, 7) is 1.89. The van der Waals surface area contributed by atoms with Gasteiger partial charge in [-0.15, -0.1) is 0 Å². The lowest BCUT2D eigenvalue weighted by atomic mass is 10.1. The molecule has 0 amide bonds. The van der Waals surface area contributed by atoms with Crippen LogP contribution in [0.3, 0.4) is 0 Å². The topological polar surface area (TPSA) is 60.0 Å². The summed E-state index contributed by atoms with van der Waals surface area (Å²) >= 11 is 0. The molecule has 0 saturated heterocycles. The molecule has 0 saturated carbocycles. The van der Waals surface area contributed by atoms with Gasteiger partial charge in [0.05, 0.1) is 17.3 Å². The largest absolute Gasteiger partial charge is 0.307 e. The minimum Gasteiger partial charge on any atom is -0.307 e. The predicted molar refractivity (Wildman–Crippen MR) is 52.8 cm³/mol. The van der Waals surface area contributed by atoms with Crippen LogP contribution in [0.5, 0.6) is 0 Å². The summed E-state index contributed by atoms with van der Waals surface area (Å²) in [5.41, 5.74) is 2.37. The lowest BCUT2D eigenvalue weighted by Crippen LogP contribution is -1.79. The first-order chi connectivity index (χ1) is 6.27. The molecule has 0 radical (unpaired) electrons. The zero-order chi connectivity index (χ0) is 9.68. The van der Waals surface area contributed by atoms with E-state index >= 15 is 0 Å². The summed E-state index contributed by atoms with van der Waals surface area (Å²) in [5.74, 6) is 0. The van der Waals surface area contributed by atoms with Crippen molar-refractivity contribution in [1.82, 2.24) is 0 Å². The molecule has 0 aliphatic carbocycles. The van der Waals surface area contributed by atoms with Crippen LogP contribution in [0, 0.1) is 23.7 Å². The third-order valence-electron chi connectivity index (χ3n) is 1.61. The van der Waals surface area contributed by atoms with E-state index in [1.165, 1.54) is 6.21 Å².